The lowest BCUT2D eigenvalue weighted by Gasteiger charge is -2.11. The number of aliphatic hydroxyl groups is 1. The van der Waals surface area contributed by atoms with E-state index in [1.54, 1.807) is 12.1 Å². The van der Waals surface area contributed by atoms with E-state index < -0.39 is 12.1 Å². The SMILES string of the molecule is CCc1ccccc1C(O)C(=O)OO. The van der Waals surface area contributed by atoms with Gasteiger partial charge in [-0.1, -0.05) is 31.2 Å². The minimum Gasteiger partial charge on any atom is -0.377 e. The van der Waals surface area contributed by atoms with Crippen LogP contribution in [0, 0.1) is 0 Å². The van der Waals surface area contributed by atoms with Gasteiger partial charge in [0.1, 0.15) is 0 Å². The molecule has 1 rings (SSSR count). The molecule has 0 heterocycles. The van der Waals surface area contributed by atoms with E-state index in [0.717, 1.165) is 5.56 Å². The van der Waals surface area contributed by atoms with Crippen LogP contribution in [0.2, 0.25) is 0 Å². The van der Waals surface area contributed by atoms with E-state index >= 15 is 0 Å². The molecule has 1 aromatic rings. The number of aliphatic hydroxyl groups excluding tert-OH is 1. The van der Waals surface area contributed by atoms with Gasteiger partial charge in [0.15, 0.2) is 6.10 Å². The van der Waals surface area contributed by atoms with Gasteiger partial charge in [-0.3, -0.25) is 4.89 Å². The van der Waals surface area contributed by atoms with Crippen molar-refractivity contribution in [3.8, 4) is 0 Å². The lowest BCUT2D eigenvalue weighted by molar-refractivity contribution is -0.243. The molecule has 0 amide bonds. The molecule has 76 valence electrons. The molecule has 0 fully saturated rings. The third kappa shape index (κ3) is 2.10. The molecule has 0 saturated carbocycles. The van der Waals surface area contributed by atoms with Crippen LogP contribution in [0.4, 0.5) is 0 Å². The summed E-state index contributed by atoms with van der Waals surface area (Å²) in [5.74, 6) is -1.06. The summed E-state index contributed by atoms with van der Waals surface area (Å²) in [7, 11) is 0. The predicted octanol–water partition coefficient (Wildman–Crippen LogP) is 1.30. The monoisotopic (exact) mass is 196 g/mol. The lowest BCUT2D eigenvalue weighted by atomic mass is 10.0. The number of hydrogen-bond donors (Lipinski definition) is 2. The standard InChI is InChI=1S/C10H12O4/c1-2-7-5-3-4-6-8(7)9(11)10(12)14-13/h3-6,9,11,13H,2H2,1H3. The van der Waals surface area contributed by atoms with Crippen LogP contribution in [0.1, 0.15) is 24.2 Å². The molecule has 0 aromatic heterocycles. The molecule has 0 aliphatic rings. The Morgan fingerprint density at radius 3 is 2.71 bits per heavy atom. The minimum absolute atomic E-state index is 0.467. The van der Waals surface area contributed by atoms with Crippen LogP contribution in [0.25, 0.3) is 0 Å². The molecule has 0 saturated heterocycles. The Hall–Kier alpha value is -1.39. The smallest absolute Gasteiger partial charge is 0.374 e. The fraction of sp³-hybridized carbons (Fsp3) is 0.300. The largest absolute Gasteiger partial charge is 0.377 e. The van der Waals surface area contributed by atoms with E-state index in [0.29, 0.717) is 12.0 Å². The molecule has 0 bridgehead atoms. The average molecular weight is 196 g/mol. The molecule has 4 nitrogen and oxygen atoms in total. The summed E-state index contributed by atoms with van der Waals surface area (Å²) in [5.41, 5.74) is 1.32. The Morgan fingerprint density at radius 1 is 1.50 bits per heavy atom. The van der Waals surface area contributed by atoms with E-state index in [1.165, 1.54) is 0 Å². The molecule has 4 heteroatoms. The van der Waals surface area contributed by atoms with Crippen LogP contribution in [0.5, 0.6) is 0 Å². The molecule has 2 N–H and O–H groups in total. The topological polar surface area (TPSA) is 66.8 Å². The molecule has 1 unspecified atom stereocenters. The second-order valence-electron chi connectivity index (χ2n) is 2.87. The lowest BCUT2D eigenvalue weighted by Crippen LogP contribution is -2.15. The Balaban J connectivity index is 2.99. The van der Waals surface area contributed by atoms with Gasteiger partial charge < -0.3 is 5.11 Å². The van der Waals surface area contributed by atoms with Gasteiger partial charge in [-0.2, -0.15) is 5.26 Å². The summed E-state index contributed by atoms with van der Waals surface area (Å²) in [4.78, 5) is 14.3. The van der Waals surface area contributed by atoms with Crippen LogP contribution in [-0.2, 0) is 16.1 Å². The first kappa shape index (κ1) is 10.7. The van der Waals surface area contributed by atoms with Crippen molar-refractivity contribution in [1.82, 2.24) is 0 Å². The Labute approximate surface area is 81.7 Å². The zero-order valence-electron chi connectivity index (χ0n) is 7.80. The van der Waals surface area contributed by atoms with E-state index in [1.807, 2.05) is 19.1 Å². The minimum atomic E-state index is -1.42. The summed E-state index contributed by atoms with van der Waals surface area (Å²) < 4.78 is 0. The number of aryl methyl sites for hydroxylation is 1. The molecule has 0 radical (unpaired) electrons. The number of benzene rings is 1. The molecule has 1 atom stereocenters. The first-order valence-electron chi connectivity index (χ1n) is 4.31. The second kappa shape index (κ2) is 4.74. The van der Waals surface area contributed by atoms with Gasteiger partial charge in [-0.25, -0.2) is 4.79 Å². The molecule has 14 heavy (non-hydrogen) atoms. The van der Waals surface area contributed by atoms with Crippen molar-refractivity contribution in [2.75, 3.05) is 0 Å². The maximum Gasteiger partial charge on any atom is 0.374 e. The molecule has 0 aliphatic carbocycles. The highest BCUT2D eigenvalue weighted by atomic mass is 17.1. The molecule has 1 aromatic carbocycles. The van der Waals surface area contributed by atoms with Crippen LogP contribution < -0.4 is 0 Å². The van der Waals surface area contributed by atoms with E-state index in [9.17, 15) is 9.90 Å². The van der Waals surface area contributed by atoms with Crippen molar-refractivity contribution < 1.29 is 20.0 Å². The summed E-state index contributed by atoms with van der Waals surface area (Å²) in [6, 6.07) is 6.96. The van der Waals surface area contributed by atoms with Gasteiger partial charge in [0.2, 0.25) is 0 Å². The highest BCUT2D eigenvalue weighted by Crippen LogP contribution is 2.19. The zero-order chi connectivity index (χ0) is 10.6. The maximum absolute atomic E-state index is 10.9. The summed E-state index contributed by atoms with van der Waals surface area (Å²) >= 11 is 0. The molecular weight excluding hydrogens is 184 g/mol. The van der Waals surface area contributed by atoms with Crippen LogP contribution in [-0.4, -0.2) is 16.3 Å². The van der Waals surface area contributed by atoms with Gasteiger partial charge in [0, 0.05) is 0 Å². The number of rotatable bonds is 3. The van der Waals surface area contributed by atoms with Gasteiger partial charge in [0.05, 0.1) is 0 Å². The highest BCUT2D eigenvalue weighted by Gasteiger charge is 2.21. The fourth-order valence-electron chi connectivity index (χ4n) is 1.30. The quantitative estimate of drug-likeness (QED) is 0.564. The number of carbonyl (C=O) groups is 1. The van der Waals surface area contributed by atoms with Crippen LogP contribution >= 0.6 is 0 Å². The fourth-order valence-corrected chi connectivity index (χ4v) is 1.30. The van der Waals surface area contributed by atoms with Gasteiger partial charge in [0.25, 0.3) is 0 Å². The van der Waals surface area contributed by atoms with Crippen molar-refractivity contribution in [2.45, 2.75) is 19.4 Å². The van der Waals surface area contributed by atoms with Crippen molar-refractivity contribution in [1.29, 1.82) is 0 Å². The number of carbonyl (C=O) groups excluding carboxylic acids is 1. The third-order valence-corrected chi connectivity index (χ3v) is 2.04. The van der Waals surface area contributed by atoms with Gasteiger partial charge in [-0.15, -0.1) is 0 Å². The predicted molar refractivity (Wildman–Crippen MR) is 49.5 cm³/mol. The zero-order valence-corrected chi connectivity index (χ0v) is 7.80. The normalized spacial score (nSPS) is 12.2. The van der Waals surface area contributed by atoms with Crippen molar-refractivity contribution in [3.63, 3.8) is 0 Å². The summed E-state index contributed by atoms with van der Waals surface area (Å²) in [6.45, 7) is 1.91. The summed E-state index contributed by atoms with van der Waals surface area (Å²) in [5, 5.41) is 17.6. The Bertz CT molecular complexity index is 322. The van der Waals surface area contributed by atoms with E-state index in [-0.39, 0.29) is 0 Å². The van der Waals surface area contributed by atoms with Gasteiger partial charge in [-0.05, 0) is 17.5 Å². The highest BCUT2D eigenvalue weighted by molar-refractivity contribution is 5.76. The van der Waals surface area contributed by atoms with Crippen molar-refractivity contribution in [3.05, 3.63) is 35.4 Å². The molecular formula is C10H12O4. The number of hydrogen-bond acceptors (Lipinski definition) is 4. The first-order valence-corrected chi connectivity index (χ1v) is 4.31. The average Bonchev–Trinajstić information content (AvgIpc) is 2.26. The van der Waals surface area contributed by atoms with Gasteiger partial charge >= 0.3 is 5.97 Å². The Morgan fingerprint density at radius 2 is 2.14 bits per heavy atom. The Kier molecular flexibility index (Phi) is 3.62. The van der Waals surface area contributed by atoms with E-state index in [2.05, 4.69) is 4.89 Å². The van der Waals surface area contributed by atoms with E-state index in [4.69, 9.17) is 5.26 Å². The van der Waals surface area contributed by atoms with Crippen LogP contribution in [0.3, 0.4) is 0 Å². The van der Waals surface area contributed by atoms with Crippen molar-refractivity contribution >= 4 is 5.97 Å². The summed E-state index contributed by atoms with van der Waals surface area (Å²) in [6.07, 6.45) is -0.720. The first-order chi connectivity index (χ1) is 6.70. The molecule has 0 spiro atoms. The second-order valence-corrected chi connectivity index (χ2v) is 2.87. The maximum atomic E-state index is 10.9. The van der Waals surface area contributed by atoms with Crippen LogP contribution in [0.15, 0.2) is 24.3 Å². The third-order valence-electron chi connectivity index (χ3n) is 2.04. The van der Waals surface area contributed by atoms with Crippen molar-refractivity contribution in [2.24, 2.45) is 0 Å². The molecule has 0 aliphatic heterocycles.